The molecule has 4 rings (SSSR count). The van der Waals surface area contributed by atoms with Crippen molar-refractivity contribution in [2.75, 3.05) is 36.4 Å². The van der Waals surface area contributed by atoms with E-state index in [-0.39, 0.29) is 5.56 Å². The molecule has 0 saturated carbocycles. The van der Waals surface area contributed by atoms with E-state index in [1.165, 1.54) is 18.3 Å². The topological polar surface area (TPSA) is 48.5 Å². The first-order chi connectivity index (χ1) is 17.5. The predicted molar refractivity (Wildman–Crippen MR) is 127 cm³/mol. The van der Waals surface area contributed by atoms with Crippen LogP contribution in [0.2, 0.25) is 0 Å². The molecule has 1 fully saturated rings. The number of amides is 1. The molecule has 0 bridgehead atoms. The molecule has 5 nitrogen and oxygen atoms in total. The Kier molecular flexibility index (Phi) is 7.72. The van der Waals surface area contributed by atoms with Crippen LogP contribution in [-0.4, -0.2) is 42.0 Å². The van der Waals surface area contributed by atoms with Crippen LogP contribution in [-0.2, 0) is 18.9 Å². The number of hydrogen-bond donors (Lipinski definition) is 1. The minimum Gasteiger partial charge on any atom is -0.355 e. The molecule has 0 unspecified atom stereocenters. The maximum Gasteiger partial charge on any atom is 0.416 e. The number of pyridine rings is 1. The van der Waals surface area contributed by atoms with Crippen molar-refractivity contribution in [3.05, 3.63) is 89.1 Å². The number of nitrogens with zero attached hydrogens (tertiary/aromatic N) is 3. The highest BCUT2D eigenvalue weighted by molar-refractivity contribution is 6.04. The van der Waals surface area contributed by atoms with Gasteiger partial charge in [0, 0.05) is 38.3 Å². The van der Waals surface area contributed by atoms with Crippen molar-refractivity contribution in [1.29, 1.82) is 0 Å². The first kappa shape index (κ1) is 26.5. The third-order valence-corrected chi connectivity index (χ3v) is 6.08. The summed E-state index contributed by atoms with van der Waals surface area (Å²) in [5, 5.41) is 2.63. The SMILES string of the molecule is O=C(Nc1ccc(N2CCCN(Cc3ccc(C(F)(F)F)cc3)CC2)nc1)c1ccc(C(F)(F)F)cc1. The van der Waals surface area contributed by atoms with Gasteiger partial charge in [-0.2, -0.15) is 26.3 Å². The minimum absolute atomic E-state index is 0.0951. The minimum atomic E-state index is -4.47. The fraction of sp³-hybridized carbons (Fsp3) is 0.308. The van der Waals surface area contributed by atoms with E-state index in [1.54, 1.807) is 12.1 Å². The second-order valence-corrected chi connectivity index (χ2v) is 8.75. The Labute approximate surface area is 209 Å². The zero-order valence-corrected chi connectivity index (χ0v) is 19.6. The molecular weight excluding hydrogens is 498 g/mol. The van der Waals surface area contributed by atoms with E-state index >= 15 is 0 Å². The zero-order chi connectivity index (χ0) is 26.6. The number of carbonyl (C=O) groups is 1. The number of anilines is 2. The van der Waals surface area contributed by atoms with Gasteiger partial charge < -0.3 is 10.2 Å². The molecule has 0 aliphatic carbocycles. The maximum atomic E-state index is 12.8. The van der Waals surface area contributed by atoms with Gasteiger partial charge in [-0.15, -0.1) is 0 Å². The third-order valence-electron chi connectivity index (χ3n) is 6.08. The van der Waals surface area contributed by atoms with Crippen LogP contribution in [0.4, 0.5) is 37.8 Å². The summed E-state index contributed by atoms with van der Waals surface area (Å²) in [6, 6.07) is 12.6. The normalized spacial score (nSPS) is 15.4. The Hall–Kier alpha value is -3.60. The van der Waals surface area contributed by atoms with E-state index in [9.17, 15) is 31.1 Å². The molecule has 2 aromatic carbocycles. The van der Waals surface area contributed by atoms with Gasteiger partial charge in [-0.25, -0.2) is 4.98 Å². The number of benzene rings is 2. The highest BCUT2D eigenvalue weighted by atomic mass is 19.4. The van der Waals surface area contributed by atoms with Gasteiger partial charge in [0.1, 0.15) is 5.82 Å². The van der Waals surface area contributed by atoms with Crippen molar-refractivity contribution >= 4 is 17.4 Å². The Balaban J connectivity index is 1.31. The summed E-state index contributed by atoms with van der Waals surface area (Å²) in [7, 11) is 0. The highest BCUT2D eigenvalue weighted by Crippen LogP contribution is 2.30. The zero-order valence-electron chi connectivity index (χ0n) is 19.6. The van der Waals surface area contributed by atoms with Crippen molar-refractivity contribution < 1.29 is 31.1 Å². The van der Waals surface area contributed by atoms with Crippen molar-refractivity contribution in [1.82, 2.24) is 9.88 Å². The summed E-state index contributed by atoms with van der Waals surface area (Å²) in [6.07, 6.45) is -6.49. The first-order valence-electron chi connectivity index (χ1n) is 11.6. The predicted octanol–water partition coefficient (Wildman–Crippen LogP) is 6.08. The van der Waals surface area contributed by atoms with Crippen LogP contribution in [0.15, 0.2) is 66.9 Å². The van der Waals surface area contributed by atoms with Gasteiger partial charge in [-0.1, -0.05) is 12.1 Å². The number of halogens is 6. The van der Waals surface area contributed by atoms with E-state index in [1.807, 2.05) is 0 Å². The van der Waals surface area contributed by atoms with Crippen molar-refractivity contribution in [3.63, 3.8) is 0 Å². The molecule has 0 spiro atoms. The largest absolute Gasteiger partial charge is 0.416 e. The molecular formula is C26H24F6N4O. The second kappa shape index (κ2) is 10.8. The van der Waals surface area contributed by atoms with Gasteiger partial charge in [-0.05, 0) is 60.5 Å². The molecule has 0 atom stereocenters. The van der Waals surface area contributed by atoms with Gasteiger partial charge >= 0.3 is 12.4 Å². The summed E-state index contributed by atoms with van der Waals surface area (Å²) in [4.78, 5) is 21.1. The van der Waals surface area contributed by atoms with Gasteiger partial charge in [0.25, 0.3) is 5.91 Å². The summed E-state index contributed by atoms with van der Waals surface area (Å²) < 4.78 is 76.4. The molecule has 0 radical (unpaired) electrons. The number of carbonyl (C=O) groups excluding carboxylic acids is 1. The van der Waals surface area contributed by atoms with Gasteiger partial charge in [0.2, 0.25) is 0 Å². The number of alkyl halides is 6. The second-order valence-electron chi connectivity index (χ2n) is 8.75. The van der Waals surface area contributed by atoms with Crippen molar-refractivity contribution in [2.24, 2.45) is 0 Å². The van der Waals surface area contributed by atoms with Crippen LogP contribution in [0.1, 0.15) is 33.5 Å². The lowest BCUT2D eigenvalue weighted by atomic mass is 10.1. The molecule has 1 N–H and O–H groups in total. The van der Waals surface area contributed by atoms with E-state index in [0.717, 1.165) is 61.5 Å². The standard InChI is InChI=1S/C26H24F6N4O/c27-25(28,29)20-6-2-18(3-7-20)17-35-12-1-13-36(15-14-35)23-11-10-22(16-33-23)34-24(37)19-4-8-21(9-5-19)26(30,31)32/h2-11,16H,1,12-15,17H2,(H,34,37). The number of hydrogen-bond acceptors (Lipinski definition) is 4. The van der Waals surface area contributed by atoms with E-state index in [0.29, 0.717) is 31.1 Å². The average molecular weight is 522 g/mol. The molecule has 37 heavy (non-hydrogen) atoms. The Morgan fingerprint density at radius 2 is 1.41 bits per heavy atom. The highest BCUT2D eigenvalue weighted by Gasteiger charge is 2.31. The van der Waals surface area contributed by atoms with E-state index < -0.39 is 29.4 Å². The maximum absolute atomic E-state index is 12.8. The molecule has 1 saturated heterocycles. The van der Waals surface area contributed by atoms with E-state index in [2.05, 4.69) is 20.1 Å². The number of aromatic nitrogens is 1. The monoisotopic (exact) mass is 522 g/mol. The Morgan fingerprint density at radius 1 is 0.784 bits per heavy atom. The van der Waals surface area contributed by atoms with E-state index in [4.69, 9.17) is 0 Å². The van der Waals surface area contributed by atoms with Crippen molar-refractivity contribution in [3.8, 4) is 0 Å². The first-order valence-corrected chi connectivity index (χ1v) is 11.6. The quantitative estimate of drug-likeness (QED) is 0.413. The summed E-state index contributed by atoms with van der Waals surface area (Å²) in [5.41, 5.74) is -0.174. The van der Waals surface area contributed by atoms with Gasteiger partial charge in [0.05, 0.1) is 23.0 Å². The van der Waals surface area contributed by atoms with Gasteiger partial charge in [0.15, 0.2) is 0 Å². The smallest absolute Gasteiger partial charge is 0.355 e. The lowest BCUT2D eigenvalue weighted by molar-refractivity contribution is -0.138. The lowest BCUT2D eigenvalue weighted by Crippen LogP contribution is -2.31. The molecule has 3 aromatic rings. The molecule has 1 aliphatic heterocycles. The van der Waals surface area contributed by atoms with Crippen LogP contribution >= 0.6 is 0 Å². The van der Waals surface area contributed by atoms with Gasteiger partial charge in [-0.3, -0.25) is 9.69 Å². The fourth-order valence-electron chi connectivity index (χ4n) is 4.08. The summed E-state index contributed by atoms with van der Waals surface area (Å²) >= 11 is 0. The molecule has 11 heteroatoms. The molecule has 1 aliphatic rings. The molecule has 1 aromatic heterocycles. The number of rotatable bonds is 5. The summed E-state index contributed by atoms with van der Waals surface area (Å²) in [6.45, 7) is 3.46. The fourth-order valence-corrected chi connectivity index (χ4v) is 4.08. The van der Waals surface area contributed by atoms with Crippen LogP contribution < -0.4 is 10.2 Å². The van der Waals surface area contributed by atoms with Crippen LogP contribution in [0, 0.1) is 0 Å². The third kappa shape index (κ3) is 7.00. The van der Waals surface area contributed by atoms with Crippen LogP contribution in [0.25, 0.3) is 0 Å². The molecule has 2 heterocycles. The van der Waals surface area contributed by atoms with Crippen LogP contribution in [0.3, 0.4) is 0 Å². The molecule has 196 valence electrons. The van der Waals surface area contributed by atoms with Crippen molar-refractivity contribution in [2.45, 2.75) is 25.3 Å². The Bertz CT molecular complexity index is 1190. The Morgan fingerprint density at radius 3 is 1.97 bits per heavy atom. The lowest BCUT2D eigenvalue weighted by Gasteiger charge is -2.23. The summed E-state index contributed by atoms with van der Waals surface area (Å²) in [5.74, 6) is 0.167. The molecule has 1 amide bonds. The number of nitrogens with one attached hydrogen (secondary N) is 1. The average Bonchev–Trinajstić information content (AvgIpc) is 3.09. The van der Waals surface area contributed by atoms with Crippen LogP contribution in [0.5, 0.6) is 0 Å².